The number of carbonyl (C=O) groups excluding carboxylic acids is 1. The maximum Gasteiger partial charge on any atom is 0.221 e. The van der Waals surface area contributed by atoms with Crippen LogP contribution in [0, 0.1) is 6.92 Å². The van der Waals surface area contributed by atoms with E-state index in [0.717, 1.165) is 25.3 Å². The highest BCUT2D eigenvalue weighted by Crippen LogP contribution is 2.23. The van der Waals surface area contributed by atoms with Crippen molar-refractivity contribution in [1.29, 1.82) is 0 Å². The van der Waals surface area contributed by atoms with Crippen molar-refractivity contribution in [1.82, 2.24) is 14.7 Å². The number of amides is 1. The molecule has 1 N–H and O–H groups in total. The zero-order chi connectivity index (χ0) is 16.2. The van der Waals surface area contributed by atoms with Crippen molar-refractivity contribution in [2.75, 3.05) is 18.4 Å². The number of aromatic nitrogens is 2. The highest BCUT2D eigenvalue weighted by molar-refractivity contribution is 5.88. The molecule has 1 atom stereocenters. The molecule has 0 unspecified atom stereocenters. The van der Waals surface area contributed by atoms with Crippen LogP contribution in [0.25, 0.3) is 0 Å². The van der Waals surface area contributed by atoms with Crippen molar-refractivity contribution >= 4 is 11.6 Å². The lowest BCUT2D eigenvalue weighted by atomic mass is 10.0. The van der Waals surface area contributed by atoms with Gasteiger partial charge in [0, 0.05) is 31.9 Å². The molecule has 0 saturated carbocycles. The summed E-state index contributed by atoms with van der Waals surface area (Å²) in [7, 11) is 0. The topological polar surface area (TPSA) is 50.2 Å². The number of benzene rings is 1. The smallest absolute Gasteiger partial charge is 0.221 e. The molecule has 1 aliphatic heterocycles. The molecule has 0 bridgehead atoms. The van der Waals surface area contributed by atoms with E-state index in [-0.39, 0.29) is 5.91 Å². The predicted octanol–water partition coefficient (Wildman–Crippen LogP) is 2.99. The molecule has 23 heavy (non-hydrogen) atoms. The van der Waals surface area contributed by atoms with E-state index in [9.17, 15) is 4.79 Å². The van der Waals surface area contributed by atoms with Crippen molar-refractivity contribution in [2.45, 2.75) is 39.3 Å². The lowest BCUT2D eigenvalue weighted by Gasteiger charge is -2.32. The van der Waals surface area contributed by atoms with Gasteiger partial charge in [0.1, 0.15) is 0 Å². The third kappa shape index (κ3) is 4.20. The van der Waals surface area contributed by atoms with Gasteiger partial charge in [-0.05, 0) is 49.6 Å². The Hall–Kier alpha value is -2.14. The average Bonchev–Trinajstić information content (AvgIpc) is 2.96. The van der Waals surface area contributed by atoms with Crippen LogP contribution in [-0.4, -0.2) is 33.7 Å². The number of rotatable bonds is 4. The normalized spacial score (nSPS) is 18.8. The van der Waals surface area contributed by atoms with Crippen molar-refractivity contribution in [2.24, 2.45) is 0 Å². The second kappa shape index (κ2) is 6.96. The third-order valence-corrected chi connectivity index (χ3v) is 4.27. The van der Waals surface area contributed by atoms with Crippen LogP contribution in [0.15, 0.2) is 36.7 Å². The minimum Gasteiger partial charge on any atom is -0.326 e. The molecule has 0 radical (unpaired) electrons. The van der Waals surface area contributed by atoms with Gasteiger partial charge in [0.15, 0.2) is 0 Å². The first-order chi connectivity index (χ1) is 11.1. The first kappa shape index (κ1) is 15.7. The molecule has 122 valence electrons. The summed E-state index contributed by atoms with van der Waals surface area (Å²) in [5.41, 5.74) is 3.34. The van der Waals surface area contributed by atoms with E-state index < -0.39 is 0 Å². The number of nitrogens with zero attached hydrogens (tertiary/aromatic N) is 3. The van der Waals surface area contributed by atoms with Gasteiger partial charge >= 0.3 is 0 Å². The molecule has 0 spiro atoms. The van der Waals surface area contributed by atoms with Crippen LogP contribution in [0.5, 0.6) is 0 Å². The second-order valence-electron chi connectivity index (χ2n) is 6.41. The lowest BCUT2D eigenvalue weighted by Crippen LogP contribution is -2.36. The van der Waals surface area contributed by atoms with Gasteiger partial charge in [-0.2, -0.15) is 5.10 Å². The Bertz CT molecular complexity index is 662. The van der Waals surface area contributed by atoms with Gasteiger partial charge in [0.2, 0.25) is 5.91 Å². The molecule has 1 fully saturated rings. The van der Waals surface area contributed by atoms with E-state index in [1.165, 1.54) is 30.9 Å². The Morgan fingerprint density at radius 3 is 2.78 bits per heavy atom. The summed E-state index contributed by atoms with van der Waals surface area (Å²) in [6.07, 6.45) is 6.46. The number of hydrogen-bond donors (Lipinski definition) is 1. The summed E-state index contributed by atoms with van der Waals surface area (Å²) in [4.78, 5) is 13.5. The Balaban J connectivity index is 1.60. The quantitative estimate of drug-likeness (QED) is 0.944. The summed E-state index contributed by atoms with van der Waals surface area (Å²) in [6, 6.07) is 8.58. The molecular formula is C18H24N4O. The van der Waals surface area contributed by atoms with E-state index in [4.69, 9.17) is 0 Å². The van der Waals surface area contributed by atoms with Gasteiger partial charge in [-0.15, -0.1) is 0 Å². The first-order valence-corrected chi connectivity index (χ1v) is 8.20. The lowest BCUT2D eigenvalue weighted by molar-refractivity contribution is -0.114. The first-order valence-electron chi connectivity index (χ1n) is 8.20. The van der Waals surface area contributed by atoms with Crippen LogP contribution in [0.2, 0.25) is 0 Å². The molecule has 3 rings (SSSR count). The molecule has 1 saturated heterocycles. The number of nitrogens with one attached hydrogen (secondary N) is 1. The van der Waals surface area contributed by atoms with Crippen molar-refractivity contribution in [3.05, 3.63) is 47.8 Å². The summed E-state index contributed by atoms with van der Waals surface area (Å²) in [6.45, 7) is 6.72. The monoisotopic (exact) mass is 312 g/mol. The molecule has 2 aromatic rings. The Kier molecular flexibility index (Phi) is 4.76. The molecule has 5 heteroatoms. The third-order valence-electron chi connectivity index (χ3n) is 4.27. The van der Waals surface area contributed by atoms with Crippen LogP contribution >= 0.6 is 0 Å². The molecule has 5 nitrogen and oxygen atoms in total. The molecule has 1 aromatic heterocycles. The van der Waals surface area contributed by atoms with Gasteiger partial charge in [-0.1, -0.05) is 12.1 Å². The number of piperidine rings is 1. The average molecular weight is 312 g/mol. The van der Waals surface area contributed by atoms with Crippen LogP contribution in [0.1, 0.15) is 36.9 Å². The number of hydrogen-bond acceptors (Lipinski definition) is 3. The largest absolute Gasteiger partial charge is 0.326 e. The fraction of sp³-hybridized carbons (Fsp3) is 0.444. The summed E-state index contributed by atoms with van der Waals surface area (Å²) < 4.78 is 2.11. The van der Waals surface area contributed by atoms with E-state index in [0.29, 0.717) is 6.04 Å². The predicted molar refractivity (Wildman–Crippen MR) is 91.3 cm³/mol. The second-order valence-corrected chi connectivity index (χ2v) is 6.41. The van der Waals surface area contributed by atoms with E-state index >= 15 is 0 Å². The maximum absolute atomic E-state index is 11.1. The molecule has 1 aliphatic rings. The minimum atomic E-state index is -0.0360. The minimum absolute atomic E-state index is 0.0360. The molecule has 1 aromatic carbocycles. The summed E-state index contributed by atoms with van der Waals surface area (Å²) in [5.74, 6) is -0.0360. The standard InChI is InChI=1S/C18H24N4O/c1-14-10-19-22(11-14)18-4-3-9-21(13-18)12-16-5-7-17(8-6-16)20-15(2)23/h5-8,10-11,18H,3-4,9,12-13H2,1-2H3,(H,20,23)/t18-/m0/s1. The van der Waals surface area contributed by atoms with Gasteiger partial charge in [-0.25, -0.2) is 0 Å². The highest BCUT2D eigenvalue weighted by Gasteiger charge is 2.21. The van der Waals surface area contributed by atoms with E-state index in [2.05, 4.69) is 45.3 Å². The fourth-order valence-electron chi connectivity index (χ4n) is 3.18. The number of anilines is 1. The summed E-state index contributed by atoms with van der Waals surface area (Å²) >= 11 is 0. The number of likely N-dealkylation sites (tertiary alicyclic amines) is 1. The number of carbonyl (C=O) groups is 1. The van der Waals surface area contributed by atoms with Crippen LogP contribution in [0.3, 0.4) is 0 Å². The number of aryl methyl sites for hydroxylation is 1. The molecule has 0 aliphatic carbocycles. The van der Waals surface area contributed by atoms with Crippen LogP contribution in [-0.2, 0) is 11.3 Å². The van der Waals surface area contributed by atoms with Gasteiger partial charge in [0.25, 0.3) is 0 Å². The van der Waals surface area contributed by atoms with Crippen molar-refractivity contribution in [3.63, 3.8) is 0 Å². The SMILES string of the molecule is CC(=O)Nc1ccc(CN2CCC[C@H](n3cc(C)cn3)C2)cc1. The molecule has 2 heterocycles. The van der Waals surface area contributed by atoms with Crippen molar-refractivity contribution in [3.8, 4) is 0 Å². The summed E-state index contributed by atoms with van der Waals surface area (Å²) in [5, 5.41) is 7.27. The Morgan fingerprint density at radius 1 is 1.35 bits per heavy atom. The van der Waals surface area contributed by atoms with Gasteiger partial charge in [-0.3, -0.25) is 14.4 Å². The zero-order valence-corrected chi connectivity index (χ0v) is 13.8. The van der Waals surface area contributed by atoms with Crippen LogP contribution < -0.4 is 5.32 Å². The maximum atomic E-state index is 11.1. The van der Waals surface area contributed by atoms with E-state index in [1.54, 1.807) is 0 Å². The Morgan fingerprint density at radius 2 is 2.13 bits per heavy atom. The van der Waals surface area contributed by atoms with Crippen LogP contribution in [0.4, 0.5) is 5.69 Å². The van der Waals surface area contributed by atoms with Crippen molar-refractivity contribution < 1.29 is 4.79 Å². The Labute approximate surface area is 137 Å². The zero-order valence-electron chi connectivity index (χ0n) is 13.8. The fourth-order valence-corrected chi connectivity index (χ4v) is 3.18. The molecular weight excluding hydrogens is 288 g/mol. The van der Waals surface area contributed by atoms with Gasteiger partial charge in [0.05, 0.1) is 12.2 Å². The molecule has 1 amide bonds. The van der Waals surface area contributed by atoms with Gasteiger partial charge < -0.3 is 5.32 Å². The highest BCUT2D eigenvalue weighted by atomic mass is 16.1. The van der Waals surface area contributed by atoms with E-state index in [1.807, 2.05) is 18.3 Å².